The molecule has 5 heteroatoms. The average molecular weight is 257 g/mol. The molecule has 2 unspecified atom stereocenters. The molecule has 5 nitrogen and oxygen atoms in total. The molecule has 0 aromatic carbocycles. The minimum atomic E-state index is -0.476. The van der Waals surface area contributed by atoms with E-state index in [1.54, 1.807) is 6.92 Å². The van der Waals surface area contributed by atoms with Crippen molar-refractivity contribution in [1.82, 2.24) is 10.6 Å². The van der Waals surface area contributed by atoms with E-state index in [-0.39, 0.29) is 30.3 Å². The van der Waals surface area contributed by atoms with Crippen molar-refractivity contribution in [1.29, 1.82) is 0 Å². The number of primary amides is 1. The molecule has 0 aromatic heterocycles. The van der Waals surface area contributed by atoms with Crippen molar-refractivity contribution < 1.29 is 9.59 Å². The van der Waals surface area contributed by atoms with Crippen LogP contribution in [0.25, 0.3) is 0 Å². The average Bonchev–Trinajstić information content (AvgIpc) is 2.14. The quantitative estimate of drug-likeness (QED) is 0.604. The molecule has 2 amide bonds. The van der Waals surface area contributed by atoms with Crippen LogP contribution >= 0.6 is 0 Å². The third-order valence-electron chi connectivity index (χ3n) is 2.73. The summed E-state index contributed by atoms with van der Waals surface area (Å²) in [6, 6.07) is -0.176. The molecule has 0 saturated heterocycles. The second-order valence-corrected chi connectivity index (χ2v) is 5.59. The van der Waals surface area contributed by atoms with Crippen LogP contribution in [-0.2, 0) is 9.59 Å². The van der Waals surface area contributed by atoms with Crippen molar-refractivity contribution in [3.63, 3.8) is 0 Å². The lowest BCUT2D eigenvalue weighted by Crippen LogP contribution is -2.53. The van der Waals surface area contributed by atoms with Gasteiger partial charge in [0.2, 0.25) is 11.8 Å². The third kappa shape index (κ3) is 7.27. The van der Waals surface area contributed by atoms with Crippen LogP contribution in [0.4, 0.5) is 0 Å². The number of carbonyl (C=O) groups excluding carboxylic acids is 2. The minimum absolute atomic E-state index is 0.0477. The van der Waals surface area contributed by atoms with Gasteiger partial charge in [0.25, 0.3) is 0 Å². The van der Waals surface area contributed by atoms with Gasteiger partial charge < -0.3 is 16.4 Å². The lowest BCUT2D eigenvalue weighted by molar-refractivity contribution is -0.125. The van der Waals surface area contributed by atoms with Gasteiger partial charge in [-0.25, -0.2) is 0 Å². The van der Waals surface area contributed by atoms with Gasteiger partial charge in [0.1, 0.15) is 0 Å². The predicted octanol–water partition coefficient (Wildman–Crippen LogP) is 0.923. The summed E-state index contributed by atoms with van der Waals surface area (Å²) < 4.78 is 0. The van der Waals surface area contributed by atoms with Crippen LogP contribution in [0.5, 0.6) is 0 Å². The summed E-state index contributed by atoms with van der Waals surface area (Å²) in [5, 5.41) is 6.06. The molecule has 0 aliphatic carbocycles. The maximum atomic E-state index is 11.9. The molecule has 0 heterocycles. The van der Waals surface area contributed by atoms with Crippen molar-refractivity contribution in [2.24, 2.45) is 5.73 Å². The fourth-order valence-corrected chi connectivity index (χ4v) is 2.01. The Morgan fingerprint density at radius 3 is 2.28 bits per heavy atom. The van der Waals surface area contributed by atoms with Gasteiger partial charge in [-0.15, -0.1) is 0 Å². The molecule has 0 saturated carbocycles. The zero-order chi connectivity index (χ0) is 14.3. The SMILES string of the molecule is CCCC(C)NC(=O)C(C)NC(C)(C)CC(N)=O. The zero-order valence-corrected chi connectivity index (χ0v) is 12.2. The van der Waals surface area contributed by atoms with Gasteiger partial charge in [-0.2, -0.15) is 0 Å². The topological polar surface area (TPSA) is 84.2 Å². The van der Waals surface area contributed by atoms with E-state index in [4.69, 9.17) is 5.73 Å². The third-order valence-corrected chi connectivity index (χ3v) is 2.73. The Balaban J connectivity index is 4.26. The van der Waals surface area contributed by atoms with Crippen molar-refractivity contribution in [2.45, 2.75) is 71.5 Å². The van der Waals surface area contributed by atoms with Crippen molar-refractivity contribution in [3.05, 3.63) is 0 Å². The number of rotatable bonds is 8. The van der Waals surface area contributed by atoms with Gasteiger partial charge in [0.05, 0.1) is 6.04 Å². The van der Waals surface area contributed by atoms with Gasteiger partial charge in [0.15, 0.2) is 0 Å². The van der Waals surface area contributed by atoms with Crippen LogP contribution in [0.1, 0.15) is 53.9 Å². The normalized spacial score (nSPS) is 14.9. The number of nitrogens with two attached hydrogens (primary N) is 1. The summed E-state index contributed by atoms with van der Waals surface area (Å²) in [5.41, 5.74) is 4.70. The maximum absolute atomic E-state index is 11.9. The number of nitrogens with one attached hydrogen (secondary N) is 2. The Morgan fingerprint density at radius 2 is 1.83 bits per heavy atom. The Kier molecular flexibility index (Phi) is 6.91. The van der Waals surface area contributed by atoms with E-state index < -0.39 is 5.54 Å². The van der Waals surface area contributed by atoms with E-state index >= 15 is 0 Å². The van der Waals surface area contributed by atoms with Crippen LogP contribution in [0.2, 0.25) is 0 Å². The molecule has 0 spiro atoms. The standard InChI is InChI=1S/C13H27N3O2/c1-6-7-9(2)15-12(18)10(3)16-13(4,5)8-11(14)17/h9-10,16H,6-8H2,1-5H3,(H2,14,17)(H,15,18). The molecule has 0 aromatic rings. The van der Waals surface area contributed by atoms with Crippen LogP contribution in [0, 0.1) is 0 Å². The van der Waals surface area contributed by atoms with E-state index in [2.05, 4.69) is 17.6 Å². The number of amides is 2. The highest BCUT2D eigenvalue weighted by molar-refractivity contribution is 5.82. The van der Waals surface area contributed by atoms with E-state index in [0.717, 1.165) is 12.8 Å². The fourth-order valence-electron chi connectivity index (χ4n) is 2.01. The highest BCUT2D eigenvalue weighted by atomic mass is 16.2. The van der Waals surface area contributed by atoms with Gasteiger partial charge in [0, 0.05) is 18.0 Å². The van der Waals surface area contributed by atoms with Crippen LogP contribution in [0.15, 0.2) is 0 Å². The first-order chi connectivity index (χ1) is 8.18. The first-order valence-corrected chi connectivity index (χ1v) is 6.54. The summed E-state index contributed by atoms with van der Waals surface area (Å²) >= 11 is 0. The van der Waals surface area contributed by atoms with Gasteiger partial charge in [-0.3, -0.25) is 9.59 Å². The van der Waals surface area contributed by atoms with E-state index in [0.29, 0.717) is 0 Å². The molecule has 0 rings (SSSR count). The Bertz CT molecular complexity index is 290. The summed E-state index contributed by atoms with van der Waals surface area (Å²) in [4.78, 5) is 22.8. The molecule has 0 aliphatic heterocycles. The smallest absolute Gasteiger partial charge is 0.237 e. The summed E-state index contributed by atoms with van der Waals surface area (Å²) in [6.07, 6.45) is 2.20. The van der Waals surface area contributed by atoms with Gasteiger partial charge >= 0.3 is 0 Å². The monoisotopic (exact) mass is 257 g/mol. The van der Waals surface area contributed by atoms with Gasteiger partial charge in [-0.1, -0.05) is 13.3 Å². The first kappa shape index (κ1) is 16.9. The number of hydrogen-bond donors (Lipinski definition) is 3. The second-order valence-electron chi connectivity index (χ2n) is 5.59. The molecule has 0 aliphatic rings. The molecule has 18 heavy (non-hydrogen) atoms. The number of carbonyl (C=O) groups is 2. The van der Waals surface area contributed by atoms with Crippen molar-refractivity contribution in [2.75, 3.05) is 0 Å². The van der Waals surface area contributed by atoms with Crippen molar-refractivity contribution >= 4 is 11.8 Å². The highest BCUT2D eigenvalue weighted by Gasteiger charge is 2.25. The highest BCUT2D eigenvalue weighted by Crippen LogP contribution is 2.09. The fraction of sp³-hybridized carbons (Fsp3) is 0.846. The molecule has 2 atom stereocenters. The summed E-state index contributed by atoms with van der Waals surface area (Å²) in [6.45, 7) is 9.58. The predicted molar refractivity (Wildman–Crippen MR) is 73.0 cm³/mol. The summed E-state index contributed by atoms with van der Waals surface area (Å²) in [7, 11) is 0. The van der Waals surface area contributed by atoms with E-state index in [9.17, 15) is 9.59 Å². The minimum Gasteiger partial charge on any atom is -0.370 e. The van der Waals surface area contributed by atoms with Crippen LogP contribution < -0.4 is 16.4 Å². The maximum Gasteiger partial charge on any atom is 0.237 e. The van der Waals surface area contributed by atoms with Crippen LogP contribution in [0.3, 0.4) is 0 Å². The molecular weight excluding hydrogens is 230 g/mol. The molecule has 0 radical (unpaired) electrons. The summed E-state index contributed by atoms with van der Waals surface area (Å²) in [5.74, 6) is -0.423. The van der Waals surface area contributed by atoms with Crippen molar-refractivity contribution in [3.8, 4) is 0 Å². The molecule has 4 N–H and O–H groups in total. The zero-order valence-electron chi connectivity index (χ0n) is 12.2. The molecular formula is C13H27N3O2. The second kappa shape index (κ2) is 7.36. The van der Waals surface area contributed by atoms with E-state index in [1.807, 2.05) is 20.8 Å². The van der Waals surface area contributed by atoms with Gasteiger partial charge in [-0.05, 0) is 34.1 Å². The first-order valence-electron chi connectivity index (χ1n) is 6.54. The van der Waals surface area contributed by atoms with Crippen LogP contribution in [-0.4, -0.2) is 29.4 Å². The molecule has 0 fully saturated rings. The lowest BCUT2D eigenvalue weighted by atomic mass is 9.99. The molecule has 0 bridgehead atoms. The molecule has 106 valence electrons. The Labute approximate surface area is 110 Å². The largest absolute Gasteiger partial charge is 0.370 e. The van der Waals surface area contributed by atoms with E-state index in [1.165, 1.54) is 0 Å². The lowest BCUT2D eigenvalue weighted by Gasteiger charge is -2.29. The Hall–Kier alpha value is -1.10. The number of hydrogen-bond acceptors (Lipinski definition) is 3. The Morgan fingerprint density at radius 1 is 1.28 bits per heavy atom.